The fourth-order valence-corrected chi connectivity index (χ4v) is 2.57. The van der Waals surface area contributed by atoms with Crippen molar-refractivity contribution in [2.24, 2.45) is 0 Å². The van der Waals surface area contributed by atoms with Crippen LogP contribution in [0.4, 0.5) is 5.69 Å². The van der Waals surface area contributed by atoms with E-state index in [1.54, 1.807) is 24.3 Å². The van der Waals surface area contributed by atoms with Crippen LogP contribution in [0.5, 0.6) is 0 Å². The first-order chi connectivity index (χ1) is 8.37. The van der Waals surface area contributed by atoms with Crippen molar-refractivity contribution in [2.75, 3.05) is 18.1 Å². The minimum absolute atomic E-state index is 0.230. The summed E-state index contributed by atoms with van der Waals surface area (Å²) in [5, 5.41) is 0. The zero-order valence-corrected chi connectivity index (χ0v) is 11.1. The Labute approximate surface area is 106 Å². The van der Waals surface area contributed by atoms with Gasteiger partial charge in [-0.05, 0) is 30.5 Å². The number of benzene rings is 1. The lowest BCUT2D eigenvalue weighted by molar-refractivity contribution is -0.143. The molecule has 1 aromatic carbocycles. The van der Waals surface area contributed by atoms with Crippen molar-refractivity contribution in [2.45, 2.75) is 18.3 Å². The van der Waals surface area contributed by atoms with E-state index in [0.717, 1.165) is 24.7 Å². The number of esters is 1. The number of anilines is 1. The molecule has 0 aliphatic heterocycles. The topological polar surface area (TPSA) is 72.5 Å². The Kier molecular flexibility index (Phi) is 3.06. The Morgan fingerprint density at radius 3 is 2.22 bits per heavy atom. The molecule has 0 saturated heterocycles. The molecule has 0 heterocycles. The average Bonchev–Trinajstić information content (AvgIpc) is 3.08. The normalized spacial score (nSPS) is 17.0. The van der Waals surface area contributed by atoms with Gasteiger partial charge in [-0.25, -0.2) is 8.42 Å². The van der Waals surface area contributed by atoms with E-state index < -0.39 is 15.4 Å². The third-order valence-corrected chi connectivity index (χ3v) is 3.67. The third kappa shape index (κ3) is 2.48. The predicted molar refractivity (Wildman–Crippen MR) is 67.8 cm³/mol. The van der Waals surface area contributed by atoms with Gasteiger partial charge in [0.15, 0.2) is 0 Å². The lowest BCUT2D eigenvalue weighted by Crippen LogP contribution is -2.21. The van der Waals surface area contributed by atoms with Gasteiger partial charge in [-0.2, -0.15) is 0 Å². The second kappa shape index (κ2) is 4.28. The summed E-state index contributed by atoms with van der Waals surface area (Å²) < 4.78 is 29.3. The van der Waals surface area contributed by atoms with Crippen LogP contribution < -0.4 is 4.72 Å². The first-order valence-corrected chi connectivity index (χ1v) is 7.43. The van der Waals surface area contributed by atoms with Crippen molar-refractivity contribution >= 4 is 21.7 Å². The maximum atomic E-state index is 11.7. The molecule has 0 amide bonds. The standard InChI is InChI=1S/C12H15NO4S/c1-17-11(14)12(7-8-12)9-3-5-10(6-4-9)13-18(2,15)16/h3-6,13H,7-8H2,1-2H3. The fourth-order valence-electron chi connectivity index (χ4n) is 2.00. The van der Waals surface area contributed by atoms with Gasteiger partial charge in [0, 0.05) is 5.69 Å². The van der Waals surface area contributed by atoms with Crippen LogP contribution in [-0.2, 0) is 25.0 Å². The number of methoxy groups -OCH3 is 1. The van der Waals surface area contributed by atoms with Crippen LogP contribution in [0.25, 0.3) is 0 Å². The molecule has 1 fully saturated rings. The highest BCUT2D eigenvalue weighted by molar-refractivity contribution is 7.92. The number of rotatable bonds is 4. The van der Waals surface area contributed by atoms with E-state index in [4.69, 9.17) is 4.74 Å². The largest absolute Gasteiger partial charge is 0.468 e. The van der Waals surface area contributed by atoms with Gasteiger partial charge >= 0.3 is 5.97 Å². The Balaban J connectivity index is 2.21. The molecule has 0 bridgehead atoms. The van der Waals surface area contributed by atoms with Crippen molar-refractivity contribution in [1.29, 1.82) is 0 Å². The van der Waals surface area contributed by atoms with Gasteiger partial charge in [-0.15, -0.1) is 0 Å². The summed E-state index contributed by atoms with van der Waals surface area (Å²) in [6.45, 7) is 0. The number of carbonyl (C=O) groups is 1. The van der Waals surface area contributed by atoms with Gasteiger partial charge in [0.05, 0.1) is 18.8 Å². The molecule has 1 aliphatic rings. The van der Waals surface area contributed by atoms with E-state index in [2.05, 4.69) is 4.72 Å². The molecule has 6 heteroatoms. The van der Waals surface area contributed by atoms with Crippen molar-refractivity contribution < 1.29 is 17.9 Å². The van der Waals surface area contributed by atoms with Gasteiger partial charge in [-0.3, -0.25) is 9.52 Å². The van der Waals surface area contributed by atoms with E-state index in [1.807, 2.05) is 0 Å². The van der Waals surface area contributed by atoms with Gasteiger partial charge in [0.25, 0.3) is 0 Å². The lowest BCUT2D eigenvalue weighted by atomic mass is 9.96. The Hall–Kier alpha value is -1.56. The minimum atomic E-state index is -3.27. The van der Waals surface area contributed by atoms with Crippen LogP contribution in [0.1, 0.15) is 18.4 Å². The molecule has 0 spiro atoms. The van der Waals surface area contributed by atoms with E-state index >= 15 is 0 Å². The van der Waals surface area contributed by atoms with Crippen LogP contribution in [0.3, 0.4) is 0 Å². The molecule has 0 radical (unpaired) electrons. The second-order valence-electron chi connectivity index (χ2n) is 4.53. The van der Waals surface area contributed by atoms with Crippen LogP contribution in [0, 0.1) is 0 Å². The number of ether oxygens (including phenoxy) is 1. The van der Waals surface area contributed by atoms with Crippen LogP contribution in [-0.4, -0.2) is 27.8 Å². The predicted octanol–water partition coefficient (Wildman–Crippen LogP) is 1.26. The number of nitrogens with one attached hydrogen (secondary N) is 1. The molecule has 0 aromatic heterocycles. The minimum Gasteiger partial charge on any atom is -0.468 e. The summed E-state index contributed by atoms with van der Waals surface area (Å²) in [6.07, 6.45) is 2.65. The van der Waals surface area contributed by atoms with Gasteiger partial charge in [0.1, 0.15) is 0 Å². The smallest absolute Gasteiger partial charge is 0.316 e. The van der Waals surface area contributed by atoms with Gasteiger partial charge < -0.3 is 4.74 Å². The SMILES string of the molecule is COC(=O)C1(c2ccc(NS(C)(=O)=O)cc2)CC1. The summed E-state index contributed by atoms with van der Waals surface area (Å²) in [5.41, 5.74) is 0.841. The fraction of sp³-hybridized carbons (Fsp3) is 0.417. The van der Waals surface area contributed by atoms with Crippen LogP contribution in [0.15, 0.2) is 24.3 Å². The molecular weight excluding hydrogens is 254 g/mol. The molecule has 5 nitrogen and oxygen atoms in total. The Morgan fingerprint density at radius 1 is 1.28 bits per heavy atom. The van der Waals surface area contributed by atoms with E-state index in [1.165, 1.54) is 7.11 Å². The average molecular weight is 269 g/mol. The summed E-state index contributed by atoms with van der Waals surface area (Å²) in [6, 6.07) is 6.83. The van der Waals surface area contributed by atoms with Crippen LogP contribution >= 0.6 is 0 Å². The summed E-state index contributed by atoms with van der Waals surface area (Å²) >= 11 is 0. The molecular formula is C12H15NO4S. The van der Waals surface area contributed by atoms with Gasteiger partial charge in [0.2, 0.25) is 10.0 Å². The molecule has 18 heavy (non-hydrogen) atoms. The highest BCUT2D eigenvalue weighted by Crippen LogP contribution is 2.49. The van der Waals surface area contributed by atoms with Crippen LogP contribution in [0.2, 0.25) is 0 Å². The first-order valence-electron chi connectivity index (χ1n) is 5.54. The number of sulfonamides is 1. The third-order valence-electron chi connectivity index (χ3n) is 3.07. The summed E-state index contributed by atoms with van der Waals surface area (Å²) in [7, 11) is -1.90. The zero-order chi connectivity index (χ0) is 13.4. The number of hydrogen-bond acceptors (Lipinski definition) is 4. The lowest BCUT2D eigenvalue weighted by Gasteiger charge is -2.13. The molecule has 1 saturated carbocycles. The van der Waals surface area contributed by atoms with E-state index in [0.29, 0.717) is 5.69 Å². The maximum Gasteiger partial charge on any atom is 0.316 e. The highest BCUT2D eigenvalue weighted by Gasteiger charge is 2.52. The van der Waals surface area contributed by atoms with Gasteiger partial charge in [-0.1, -0.05) is 12.1 Å². The van der Waals surface area contributed by atoms with Crippen molar-refractivity contribution in [1.82, 2.24) is 0 Å². The van der Waals surface area contributed by atoms with Crippen molar-refractivity contribution in [3.8, 4) is 0 Å². The monoisotopic (exact) mass is 269 g/mol. The van der Waals surface area contributed by atoms with E-state index in [-0.39, 0.29) is 5.97 Å². The molecule has 98 valence electrons. The first kappa shape index (κ1) is 12.9. The molecule has 1 aliphatic carbocycles. The highest BCUT2D eigenvalue weighted by atomic mass is 32.2. The Bertz CT molecular complexity index is 558. The maximum absolute atomic E-state index is 11.7. The summed E-state index contributed by atoms with van der Waals surface area (Å²) in [4.78, 5) is 11.7. The molecule has 2 rings (SSSR count). The quantitative estimate of drug-likeness (QED) is 0.835. The molecule has 0 unspecified atom stereocenters. The number of carbonyl (C=O) groups excluding carboxylic acids is 1. The zero-order valence-electron chi connectivity index (χ0n) is 10.3. The van der Waals surface area contributed by atoms with Crippen molar-refractivity contribution in [3.63, 3.8) is 0 Å². The number of hydrogen-bond donors (Lipinski definition) is 1. The molecule has 0 atom stereocenters. The van der Waals surface area contributed by atoms with E-state index in [9.17, 15) is 13.2 Å². The molecule has 1 aromatic rings. The van der Waals surface area contributed by atoms with Crippen molar-refractivity contribution in [3.05, 3.63) is 29.8 Å². The Morgan fingerprint density at radius 2 is 1.83 bits per heavy atom. The second-order valence-corrected chi connectivity index (χ2v) is 6.27. The molecule has 1 N–H and O–H groups in total. The summed E-state index contributed by atoms with van der Waals surface area (Å²) in [5.74, 6) is -0.230.